The number of benzene rings is 2. The molecule has 2 radical (unpaired) electrons. The summed E-state index contributed by atoms with van der Waals surface area (Å²) in [5, 5.41) is 2.12. The molecule has 0 fully saturated rings. The van der Waals surface area contributed by atoms with Crippen LogP contribution in [0.3, 0.4) is 0 Å². The molecule has 1 atom stereocenters. The van der Waals surface area contributed by atoms with Crippen molar-refractivity contribution in [1.29, 1.82) is 0 Å². The zero-order valence-electron chi connectivity index (χ0n) is 9.54. The third-order valence-electron chi connectivity index (χ3n) is 2.38. The molecule has 0 aliphatic carbocycles. The summed E-state index contributed by atoms with van der Waals surface area (Å²) in [4.78, 5) is 0. The summed E-state index contributed by atoms with van der Waals surface area (Å²) in [6, 6.07) is 17.7. The Morgan fingerprint density at radius 3 is 2.29 bits per heavy atom. The van der Waals surface area contributed by atoms with Crippen LogP contribution in [0.25, 0.3) is 0 Å². The van der Waals surface area contributed by atoms with E-state index in [0.29, 0.717) is 0 Å². The highest BCUT2D eigenvalue weighted by Gasteiger charge is 2.12. The predicted octanol–water partition coefficient (Wildman–Crippen LogP) is 2.14. The van der Waals surface area contributed by atoms with E-state index < -0.39 is 8.15 Å². The highest BCUT2D eigenvalue weighted by Crippen LogP contribution is 2.34. The van der Waals surface area contributed by atoms with E-state index in [9.17, 15) is 0 Å². The average molecular weight is 242 g/mol. The molecule has 0 amide bonds. The van der Waals surface area contributed by atoms with Gasteiger partial charge in [0.05, 0.1) is 15.3 Å². The maximum Gasteiger partial charge on any atom is 0.289 e. The quantitative estimate of drug-likeness (QED) is 0.604. The Hall–Kier alpha value is -1.31. The zero-order valence-corrected chi connectivity index (χ0v) is 10.4. The molecular weight excluding hydrogens is 230 g/mol. The van der Waals surface area contributed by atoms with Crippen LogP contribution in [-0.4, -0.2) is 15.2 Å². The minimum atomic E-state index is -0.973. The van der Waals surface area contributed by atoms with Crippen molar-refractivity contribution < 1.29 is 9.18 Å². The minimum Gasteiger partial charge on any atom is -0.497 e. The molecule has 0 heterocycles. The van der Waals surface area contributed by atoms with Crippen molar-refractivity contribution in [2.75, 3.05) is 7.11 Å². The van der Waals surface area contributed by atoms with E-state index in [-0.39, 0.29) is 0 Å². The van der Waals surface area contributed by atoms with E-state index in [2.05, 4.69) is 0 Å². The standard InChI is InChI=1S/C13H12BO2P/c1-15-11-6-5-9-13(10-11)17(16-14)12-7-3-2-4-8-12/h2-10H,1H3/t17-/m1/s1. The number of ether oxygens (including phenoxy) is 1. The van der Waals surface area contributed by atoms with Crippen LogP contribution in [0.4, 0.5) is 0 Å². The van der Waals surface area contributed by atoms with Gasteiger partial charge < -0.3 is 9.18 Å². The summed E-state index contributed by atoms with van der Waals surface area (Å²) in [6.07, 6.45) is 0. The van der Waals surface area contributed by atoms with Gasteiger partial charge in [0.25, 0.3) is 8.05 Å². The summed E-state index contributed by atoms with van der Waals surface area (Å²) < 4.78 is 10.3. The Kier molecular flexibility index (Phi) is 4.19. The van der Waals surface area contributed by atoms with Gasteiger partial charge in [-0.15, -0.1) is 0 Å². The van der Waals surface area contributed by atoms with Crippen LogP contribution in [-0.2, 0) is 4.44 Å². The Bertz CT molecular complexity index is 476. The van der Waals surface area contributed by atoms with E-state index in [1.54, 1.807) is 7.11 Å². The molecule has 0 bridgehead atoms. The van der Waals surface area contributed by atoms with E-state index in [1.165, 1.54) is 0 Å². The van der Waals surface area contributed by atoms with Crippen molar-refractivity contribution in [2.24, 2.45) is 0 Å². The van der Waals surface area contributed by atoms with Crippen molar-refractivity contribution in [1.82, 2.24) is 0 Å². The van der Waals surface area contributed by atoms with Crippen molar-refractivity contribution in [3.63, 3.8) is 0 Å². The zero-order chi connectivity index (χ0) is 12.1. The topological polar surface area (TPSA) is 18.5 Å². The number of methoxy groups -OCH3 is 1. The second-order valence-corrected chi connectivity index (χ2v) is 5.27. The Balaban J connectivity index is 2.35. The maximum absolute atomic E-state index is 5.42. The lowest BCUT2D eigenvalue weighted by Crippen LogP contribution is -2.13. The largest absolute Gasteiger partial charge is 0.497 e. The molecule has 2 nitrogen and oxygen atoms in total. The van der Waals surface area contributed by atoms with Crippen LogP contribution >= 0.6 is 8.15 Å². The van der Waals surface area contributed by atoms with Gasteiger partial charge in [-0.2, -0.15) is 0 Å². The van der Waals surface area contributed by atoms with Crippen LogP contribution in [0, 0.1) is 0 Å². The molecule has 4 heteroatoms. The first-order valence-electron chi connectivity index (χ1n) is 5.21. The smallest absolute Gasteiger partial charge is 0.289 e. The molecule has 0 saturated heterocycles. The van der Waals surface area contributed by atoms with Gasteiger partial charge in [-0.3, -0.25) is 0 Å². The van der Waals surface area contributed by atoms with Crippen molar-refractivity contribution >= 4 is 26.8 Å². The summed E-state index contributed by atoms with van der Waals surface area (Å²) >= 11 is 0. The second kappa shape index (κ2) is 5.86. The van der Waals surface area contributed by atoms with Crippen molar-refractivity contribution in [2.45, 2.75) is 0 Å². The first kappa shape index (κ1) is 12.2. The summed E-state index contributed by atoms with van der Waals surface area (Å²) in [7, 11) is 6.09. The van der Waals surface area contributed by atoms with Gasteiger partial charge in [-0.25, -0.2) is 0 Å². The Morgan fingerprint density at radius 2 is 1.65 bits per heavy atom. The molecule has 2 aromatic carbocycles. The highest BCUT2D eigenvalue weighted by molar-refractivity contribution is 7.69. The SMILES string of the molecule is [B]O[P@](c1ccccc1)c1cccc(OC)c1. The van der Waals surface area contributed by atoms with Crippen LogP contribution in [0.15, 0.2) is 54.6 Å². The average Bonchev–Trinajstić information content (AvgIpc) is 2.41. The fourth-order valence-corrected chi connectivity index (χ4v) is 3.02. The lowest BCUT2D eigenvalue weighted by Gasteiger charge is -2.17. The van der Waals surface area contributed by atoms with Gasteiger partial charge in [0.1, 0.15) is 5.75 Å². The molecule has 0 aliphatic heterocycles. The van der Waals surface area contributed by atoms with Crippen molar-refractivity contribution in [3.05, 3.63) is 54.6 Å². The van der Waals surface area contributed by atoms with Gasteiger partial charge in [-0.1, -0.05) is 42.5 Å². The summed E-state index contributed by atoms with van der Waals surface area (Å²) in [5.74, 6) is 0.808. The van der Waals surface area contributed by atoms with E-state index >= 15 is 0 Å². The fraction of sp³-hybridized carbons (Fsp3) is 0.0769. The number of hydrogen-bond acceptors (Lipinski definition) is 2. The van der Waals surface area contributed by atoms with Crippen molar-refractivity contribution in [3.8, 4) is 5.75 Å². The third kappa shape index (κ3) is 2.88. The summed E-state index contributed by atoms with van der Waals surface area (Å²) in [5.41, 5.74) is 0. The summed E-state index contributed by atoms with van der Waals surface area (Å²) in [6.45, 7) is 0. The lowest BCUT2D eigenvalue weighted by molar-refractivity contribution is 0.415. The Morgan fingerprint density at radius 1 is 0.941 bits per heavy atom. The number of hydrogen-bond donors (Lipinski definition) is 0. The monoisotopic (exact) mass is 242 g/mol. The lowest BCUT2D eigenvalue weighted by atomic mass is 10.3. The first-order chi connectivity index (χ1) is 8.35. The Labute approximate surface area is 104 Å². The maximum atomic E-state index is 5.42. The second-order valence-electron chi connectivity index (χ2n) is 3.44. The van der Waals surface area contributed by atoms with Gasteiger partial charge >= 0.3 is 0 Å². The van der Waals surface area contributed by atoms with Crippen LogP contribution < -0.4 is 15.3 Å². The molecule has 0 aliphatic rings. The molecule has 2 aromatic rings. The first-order valence-corrected chi connectivity index (χ1v) is 6.47. The van der Waals surface area contributed by atoms with Gasteiger partial charge in [0.15, 0.2) is 0 Å². The van der Waals surface area contributed by atoms with Crippen LogP contribution in [0.1, 0.15) is 0 Å². The van der Waals surface area contributed by atoms with Crippen LogP contribution in [0.5, 0.6) is 5.75 Å². The molecule has 0 saturated carbocycles. The van der Waals surface area contributed by atoms with E-state index in [0.717, 1.165) is 16.4 Å². The molecule has 84 valence electrons. The molecule has 2 rings (SSSR count). The van der Waals surface area contributed by atoms with Gasteiger partial charge in [0.2, 0.25) is 0 Å². The molecule has 0 unspecified atom stereocenters. The number of rotatable bonds is 4. The third-order valence-corrected chi connectivity index (χ3v) is 4.11. The van der Waals surface area contributed by atoms with Gasteiger partial charge in [0, 0.05) is 10.6 Å². The van der Waals surface area contributed by atoms with Crippen LogP contribution in [0.2, 0.25) is 0 Å². The van der Waals surface area contributed by atoms with E-state index in [4.69, 9.17) is 17.2 Å². The molecule has 0 spiro atoms. The molecular formula is C13H12BO2P. The van der Waals surface area contributed by atoms with Gasteiger partial charge in [-0.05, 0) is 12.1 Å². The normalized spacial score (nSPS) is 12.1. The van der Waals surface area contributed by atoms with E-state index in [1.807, 2.05) is 54.6 Å². The molecule has 0 N–H and O–H groups in total. The highest BCUT2D eigenvalue weighted by atomic mass is 31.1. The minimum absolute atomic E-state index is 0.808. The molecule has 0 aromatic heterocycles. The molecule has 17 heavy (non-hydrogen) atoms. The predicted molar refractivity (Wildman–Crippen MR) is 72.5 cm³/mol. The fourth-order valence-electron chi connectivity index (χ4n) is 1.57.